The van der Waals surface area contributed by atoms with Crippen molar-refractivity contribution in [2.24, 2.45) is 5.10 Å². The summed E-state index contributed by atoms with van der Waals surface area (Å²) < 4.78 is 5.68. The maximum absolute atomic E-state index is 10.6. The Labute approximate surface area is 142 Å². The minimum atomic E-state index is -0.452. The van der Waals surface area contributed by atoms with E-state index >= 15 is 0 Å². The fraction of sp³-hybridized carbons (Fsp3) is 0. The number of rotatable bonds is 5. The molecule has 0 saturated heterocycles. The molecule has 0 fully saturated rings. The van der Waals surface area contributed by atoms with E-state index in [1.54, 1.807) is 24.3 Å². The fourth-order valence-corrected chi connectivity index (χ4v) is 2.28. The molecule has 0 aliphatic heterocycles. The van der Waals surface area contributed by atoms with Gasteiger partial charge < -0.3 is 4.42 Å². The van der Waals surface area contributed by atoms with E-state index < -0.39 is 4.92 Å². The third-order valence-electron chi connectivity index (χ3n) is 3.23. The van der Waals surface area contributed by atoms with Gasteiger partial charge in [-0.1, -0.05) is 23.7 Å². The summed E-state index contributed by atoms with van der Waals surface area (Å²) in [5, 5.41) is 15.2. The molecule has 0 radical (unpaired) electrons. The van der Waals surface area contributed by atoms with Gasteiger partial charge in [0.15, 0.2) is 0 Å². The number of nitro groups is 1. The average Bonchev–Trinajstić information content (AvgIpc) is 3.04. The first-order valence-electron chi connectivity index (χ1n) is 7.02. The Morgan fingerprint density at radius 1 is 1.08 bits per heavy atom. The topological polar surface area (TPSA) is 80.7 Å². The highest BCUT2D eigenvalue weighted by Crippen LogP contribution is 2.28. The highest BCUT2D eigenvalue weighted by atomic mass is 35.5. The van der Waals surface area contributed by atoms with Crippen LogP contribution in [0.3, 0.4) is 0 Å². The lowest BCUT2D eigenvalue weighted by Crippen LogP contribution is -1.91. The number of nitrogens with zero attached hydrogens (tertiary/aromatic N) is 2. The zero-order valence-electron chi connectivity index (χ0n) is 12.3. The molecule has 1 aromatic heterocycles. The van der Waals surface area contributed by atoms with Crippen LogP contribution in [0.15, 0.2) is 70.2 Å². The largest absolute Gasteiger partial charge is 0.455 e. The molecule has 1 heterocycles. The summed E-state index contributed by atoms with van der Waals surface area (Å²) in [5.74, 6) is 1.21. The summed E-state index contributed by atoms with van der Waals surface area (Å²) in [6.07, 6.45) is 1.52. The molecule has 3 rings (SSSR count). The molecule has 0 aliphatic carbocycles. The van der Waals surface area contributed by atoms with Crippen molar-refractivity contribution in [1.29, 1.82) is 0 Å². The van der Waals surface area contributed by atoms with Crippen molar-refractivity contribution in [1.82, 2.24) is 0 Å². The molecule has 24 heavy (non-hydrogen) atoms. The number of hydrogen-bond donors (Lipinski definition) is 1. The number of nitro benzene ring substituents is 1. The van der Waals surface area contributed by atoms with Crippen molar-refractivity contribution in [2.45, 2.75) is 0 Å². The Balaban J connectivity index is 1.67. The minimum Gasteiger partial charge on any atom is -0.455 e. The number of hydrogen-bond acceptors (Lipinski definition) is 5. The number of halogens is 1. The molecule has 0 bridgehead atoms. The summed E-state index contributed by atoms with van der Waals surface area (Å²) in [7, 11) is 0. The molecule has 2 aromatic carbocycles. The Bertz CT molecular complexity index is 888. The lowest BCUT2D eigenvalue weighted by atomic mass is 10.2. The normalized spacial score (nSPS) is 10.9. The van der Waals surface area contributed by atoms with Gasteiger partial charge in [0, 0.05) is 17.7 Å². The molecular weight excluding hydrogens is 330 g/mol. The fourth-order valence-electron chi connectivity index (χ4n) is 2.06. The van der Waals surface area contributed by atoms with Gasteiger partial charge in [-0.2, -0.15) is 5.10 Å². The smallest absolute Gasteiger partial charge is 0.269 e. The van der Waals surface area contributed by atoms with Crippen molar-refractivity contribution in [2.75, 3.05) is 5.43 Å². The maximum atomic E-state index is 10.6. The Morgan fingerprint density at radius 3 is 2.54 bits per heavy atom. The van der Waals surface area contributed by atoms with Crippen LogP contribution < -0.4 is 5.43 Å². The van der Waals surface area contributed by atoms with Crippen LogP contribution in [0.4, 0.5) is 11.4 Å². The number of furan rings is 1. The highest BCUT2D eigenvalue weighted by Gasteiger charge is 2.07. The van der Waals surface area contributed by atoms with Crippen LogP contribution in [0.2, 0.25) is 5.02 Å². The first kappa shape index (κ1) is 15.8. The summed E-state index contributed by atoms with van der Waals surface area (Å²) in [6.45, 7) is 0. The number of benzene rings is 2. The lowest BCUT2D eigenvalue weighted by Gasteiger charge is -1.99. The predicted molar refractivity (Wildman–Crippen MR) is 93.5 cm³/mol. The van der Waals surface area contributed by atoms with E-state index in [0.717, 1.165) is 5.56 Å². The second-order valence-electron chi connectivity index (χ2n) is 4.86. The second kappa shape index (κ2) is 6.97. The molecule has 0 unspecified atom stereocenters. The molecule has 120 valence electrons. The molecule has 6 nitrogen and oxygen atoms in total. The van der Waals surface area contributed by atoms with E-state index in [9.17, 15) is 10.1 Å². The predicted octanol–water partition coefficient (Wildman–Crippen LogP) is 4.95. The zero-order chi connectivity index (χ0) is 16.9. The van der Waals surface area contributed by atoms with Crippen LogP contribution in [0.5, 0.6) is 0 Å². The summed E-state index contributed by atoms with van der Waals surface area (Å²) in [6, 6.07) is 17.0. The van der Waals surface area contributed by atoms with Crippen molar-refractivity contribution in [3.8, 4) is 11.3 Å². The van der Waals surface area contributed by atoms with Crippen molar-refractivity contribution >= 4 is 29.2 Å². The molecule has 0 saturated carbocycles. The maximum Gasteiger partial charge on any atom is 0.269 e. The zero-order valence-corrected chi connectivity index (χ0v) is 13.1. The molecule has 0 atom stereocenters. The quantitative estimate of drug-likeness (QED) is 0.404. The monoisotopic (exact) mass is 341 g/mol. The number of non-ortho nitro benzene ring substituents is 1. The number of nitrogens with one attached hydrogen (secondary N) is 1. The molecule has 7 heteroatoms. The molecular formula is C17H12ClN3O3. The van der Waals surface area contributed by atoms with Gasteiger partial charge in [0.05, 0.1) is 21.8 Å². The van der Waals surface area contributed by atoms with Crippen molar-refractivity contribution < 1.29 is 9.34 Å². The third kappa shape index (κ3) is 3.61. The minimum absolute atomic E-state index is 0.0277. The van der Waals surface area contributed by atoms with E-state index in [1.807, 2.05) is 24.3 Å². The molecule has 0 amide bonds. The van der Waals surface area contributed by atoms with E-state index in [4.69, 9.17) is 16.0 Å². The van der Waals surface area contributed by atoms with E-state index in [2.05, 4.69) is 10.5 Å². The molecule has 0 aliphatic rings. The second-order valence-corrected chi connectivity index (χ2v) is 5.26. The third-order valence-corrected chi connectivity index (χ3v) is 3.56. The summed E-state index contributed by atoms with van der Waals surface area (Å²) >= 11 is 6.13. The van der Waals surface area contributed by atoms with Crippen LogP contribution in [0.1, 0.15) is 5.76 Å². The van der Waals surface area contributed by atoms with Gasteiger partial charge in [0.25, 0.3) is 5.69 Å². The van der Waals surface area contributed by atoms with Gasteiger partial charge >= 0.3 is 0 Å². The first-order chi connectivity index (χ1) is 11.6. The van der Waals surface area contributed by atoms with E-state index in [-0.39, 0.29) is 5.69 Å². The van der Waals surface area contributed by atoms with Gasteiger partial charge in [-0.05, 0) is 36.4 Å². The Hall–Kier alpha value is -3.12. The molecule has 1 N–H and O–H groups in total. The van der Waals surface area contributed by atoms with Gasteiger partial charge in [-0.15, -0.1) is 0 Å². The van der Waals surface area contributed by atoms with E-state index in [1.165, 1.54) is 18.3 Å². The van der Waals surface area contributed by atoms with Gasteiger partial charge in [0.2, 0.25) is 0 Å². The molecule has 0 spiro atoms. The van der Waals surface area contributed by atoms with Crippen LogP contribution in [0, 0.1) is 10.1 Å². The first-order valence-corrected chi connectivity index (χ1v) is 7.39. The van der Waals surface area contributed by atoms with Crippen LogP contribution in [-0.2, 0) is 0 Å². The SMILES string of the molecule is O=[N+]([O-])c1ccc(N/N=C/c2ccc(-c3ccccc3Cl)o2)cc1. The summed E-state index contributed by atoms with van der Waals surface area (Å²) in [4.78, 5) is 10.1. The number of anilines is 1. The Morgan fingerprint density at radius 2 is 1.83 bits per heavy atom. The summed E-state index contributed by atoms with van der Waals surface area (Å²) in [5.41, 5.74) is 4.25. The standard InChI is InChI=1S/C17H12ClN3O3/c18-16-4-2-1-3-15(16)17-10-9-14(24-17)11-19-20-12-5-7-13(8-6-12)21(22)23/h1-11,20H/b19-11+. The van der Waals surface area contributed by atoms with Crippen molar-refractivity contribution in [3.05, 3.63) is 81.6 Å². The van der Waals surface area contributed by atoms with Crippen LogP contribution in [0.25, 0.3) is 11.3 Å². The van der Waals surface area contributed by atoms with Crippen LogP contribution in [-0.4, -0.2) is 11.1 Å². The van der Waals surface area contributed by atoms with Gasteiger partial charge in [-0.3, -0.25) is 15.5 Å². The highest BCUT2D eigenvalue weighted by molar-refractivity contribution is 6.33. The number of hydrazone groups is 1. The molecule has 3 aromatic rings. The average molecular weight is 342 g/mol. The Kier molecular flexibility index (Phi) is 4.58. The van der Waals surface area contributed by atoms with E-state index in [0.29, 0.717) is 22.2 Å². The van der Waals surface area contributed by atoms with Crippen LogP contribution >= 0.6 is 11.6 Å². The lowest BCUT2D eigenvalue weighted by molar-refractivity contribution is -0.384. The van der Waals surface area contributed by atoms with Gasteiger partial charge in [0.1, 0.15) is 11.5 Å². The van der Waals surface area contributed by atoms with Gasteiger partial charge in [-0.25, -0.2) is 0 Å². The van der Waals surface area contributed by atoms with Crippen molar-refractivity contribution in [3.63, 3.8) is 0 Å².